The highest BCUT2D eigenvalue weighted by molar-refractivity contribution is 6.31. The van der Waals surface area contributed by atoms with Crippen molar-refractivity contribution in [2.45, 2.75) is 47.5 Å². The number of hydrogen-bond acceptors (Lipinski definition) is 4. The average molecular weight is 445 g/mol. The fraction of sp³-hybridized carbons (Fsp3) is 0.462. The van der Waals surface area contributed by atoms with Crippen molar-refractivity contribution in [3.8, 4) is 6.07 Å². The topological polar surface area (TPSA) is 53.3 Å². The van der Waals surface area contributed by atoms with Gasteiger partial charge >= 0.3 is 0 Å². The second-order valence-electron chi connectivity index (χ2n) is 7.58. The van der Waals surface area contributed by atoms with Gasteiger partial charge in [0.25, 0.3) is 6.47 Å². The quantitative estimate of drug-likeness (QED) is 0.527. The number of hydrogen-bond donors (Lipinski definition) is 0. The summed E-state index contributed by atoms with van der Waals surface area (Å²) >= 11 is 5.71. The van der Waals surface area contributed by atoms with Gasteiger partial charge in [-0.3, -0.25) is 4.79 Å². The normalized spacial score (nSPS) is 14.5. The van der Waals surface area contributed by atoms with Crippen LogP contribution in [0.3, 0.4) is 0 Å². The van der Waals surface area contributed by atoms with Crippen molar-refractivity contribution < 1.29 is 9.53 Å². The summed E-state index contributed by atoms with van der Waals surface area (Å²) in [5.41, 5.74) is 4.47. The summed E-state index contributed by atoms with van der Waals surface area (Å²) in [5, 5.41) is 9.00. The van der Waals surface area contributed by atoms with E-state index < -0.39 is 0 Å². The number of nitrogens with zero attached hydrogens (tertiary/aromatic N) is 2. The van der Waals surface area contributed by atoms with Gasteiger partial charge in [-0.25, -0.2) is 0 Å². The van der Waals surface area contributed by atoms with E-state index in [4.69, 9.17) is 16.9 Å². The predicted octanol–water partition coefficient (Wildman–Crippen LogP) is 6.21. The van der Waals surface area contributed by atoms with E-state index in [2.05, 4.69) is 61.7 Å². The van der Waals surface area contributed by atoms with E-state index in [0.29, 0.717) is 23.7 Å². The van der Waals surface area contributed by atoms with Crippen molar-refractivity contribution in [3.63, 3.8) is 0 Å². The van der Waals surface area contributed by atoms with Crippen molar-refractivity contribution in [2.24, 2.45) is 5.92 Å². The Morgan fingerprint density at radius 2 is 1.90 bits per heavy atom. The molecule has 0 bridgehead atoms. The number of likely N-dealkylation sites (tertiary alicyclic amines) is 1. The van der Waals surface area contributed by atoms with E-state index in [0.717, 1.165) is 17.9 Å². The maximum absolute atomic E-state index is 9.18. The highest BCUT2D eigenvalue weighted by Crippen LogP contribution is 2.15. The van der Waals surface area contributed by atoms with Crippen molar-refractivity contribution in [2.75, 3.05) is 26.7 Å². The molecule has 0 N–H and O–H groups in total. The van der Waals surface area contributed by atoms with Gasteiger partial charge in [0.05, 0.1) is 17.2 Å². The van der Waals surface area contributed by atoms with Gasteiger partial charge in [0.2, 0.25) is 0 Å². The number of nitriles is 1. The van der Waals surface area contributed by atoms with Crippen LogP contribution in [0.4, 0.5) is 0 Å². The molecule has 1 aliphatic rings. The molecule has 0 radical (unpaired) electrons. The molecule has 1 aliphatic heterocycles. The van der Waals surface area contributed by atoms with Crippen molar-refractivity contribution in [1.82, 2.24) is 4.90 Å². The monoisotopic (exact) mass is 444 g/mol. The summed E-state index contributed by atoms with van der Waals surface area (Å²) in [6.07, 6.45) is 2.54. The fourth-order valence-electron chi connectivity index (χ4n) is 2.94. The van der Waals surface area contributed by atoms with E-state index in [-0.39, 0.29) is 0 Å². The van der Waals surface area contributed by atoms with Crippen LogP contribution in [0.15, 0.2) is 42.5 Å². The highest BCUT2D eigenvalue weighted by Gasteiger charge is 2.13. The Morgan fingerprint density at radius 3 is 2.23 bits per heavy atom. The molecule has 1 heterocycles. The molecule has 170 valence electrons. The summed E-state index contributed by atoms with van der Waals surface area (Å²) in [6.45, 7) is 13.9. The first-order valence-corrected chi connectivity index (χ1v) is 11.1. The molecule has 0 aromatic heterocycles. The number of halogens is 1. The van der Waals surface area contributed by atoms with Crippen LogP contribution in [0, 0.1) is 31.1 Å². The lowest BCUT2D eigenvalue weighted by atomic mass is 10.1. The van der Waals surface area contributed by atoms with Gasteiger partial charge in [0, 0.05) is 6.54 Å². The van der Waals surface area contributed by atoms with Crippen molar-refractivity contribution in [1.29, 1.82) is 5.26 Å². The summed E-state index contributed by atoms with van der Waals surface area (Å²) in [5.74, 6) is 0.949. The van der Waals surface area contributed by atoms with E-state index >= 15 is 0 Å². The number of rotatable bonds is 3. The standard InChI is InChI=1S/C9H12.C8H6ClN.C6H13N.C3H6O2/c1-3-9-7-5-4-6-8(9)2;1-6-2-3-7(5-10)8(9)4-6;1-6-3-4-7(2)5-6;1-2-5-3-4/h4-7H,3H2,1-2H3;2-4H,1H3;6H,3-5H2,1-2H3;3H,2H2,1H3. The van der Waals surface area contributed by atoms with Crippen LogP contribution in [0.25, 0.3) is 0 Å². The molecule has 5 heteroatoms. The zero-order chi connectivity index (χ0) is 23.6. The Hall–Kier alpha value is -2.35. The Bertz CT molecular complexity index is 794. The largest absolute Gasteiger partial charge is 0.468 e. The van der Waals surface area contributed by atoms with Crippen LogP contribution in [0.5, 0.6) is 0 Å². The van der Waals surface area contributed by atoms with Crippen LogP contribution < -0.4 is 0 Å². The molecule has 0 spiro atoms. The molecule has 0 amide bonds. The molecule has 2 aromatic rings. The molecule has 1 unspecified atom stereocenters. The van der Waals surface area contributed by atoms with Crippen molar-refractivity contribution in [3.05, 3.63) is 69.7 Å². The summed E-state index contributed by atoms with van der Waals surface area (Å²) in [7, 11) is 2.18. The first-order valence-electron chi connectivity index (χ1n) is 10.7. The second-order valence-corrected chi connectivity index (χ2v) is 7.99. The third kappa shape index (κ3) is 13.5. The van der Waals surface area contributed by atoms with Crippen LogP contribution >= 0.6 is 11.6 Å². The second kappa shape index (κ2) is 17.3. The maximum Gasteiger partial charge on any atom is 0.293 e. The van der Waals surface area contributed by atoms with Gasteiger partial charge < -0.3 is 9.64 Å². The highest BCUT2D eigenvalue weighted by atomic mass is 35.5. The molecular weight excluding hydrogens is 408 g/mol. The molecule has 1 saturated heterocycles. The van der Waals surface area contributed by atoms with Gasteiger partial charge in [-0.15, -0.1) is 0 Å². The van der Waals surface area contributed by atoms with Gasteiger partial charge in [0.15, 0.2) is 0 Å². The van der Waals surface area contributed by atoms with E-state index in [1.54, 1.807) is 19.1 Å². The molecule has 0 aliphatic carbocycles. The lowest BCUT2D eigenvalue weighted by molar-refractivity contribution is -0.128. The molecule has 1 atom stereocenters. The van der Waals surface area contributed by atoms with Gasteiger partial charge in [-0.1, -0.05) is 55.8 Å². The molecule has 3 rings (SSSR count). The zero-order valence-corrected chi connectivity index (χ0v) is 20.6. The third-order valence-electron chi connectivity index (χ3n) is 4.75. The van der Waals surface area contributed by atoms with Crippen LogP contribution in [0.2, 0.25) is 5.02 Å². The number of aryl methyl sites for hydroxylation is 3. The molecule has 4 nitrogen and oxygen atoms in total. The lowest BCUT2D eigenvalue weighted by Gasteiger charge is -2.03. The SMILES string of the molecule is CC1CCN(C)C1.CCOC=O.CCc1ccccc1C.Cc1ccc(C#N)c(Cl)c1. The Labute approximate surface area is 193 Å². The van der Waals surface area contributed by atoms with Crippen LogP contribution in [0.1, 0.15) is 49.4 Å². The minimum absolute atomic E-state index is 0.431. The number of carbonyl (C=O) groups excluding carboxylic acids is 1. The Balaban J connectivity index is 0.000000399. The van der Waals surface area contributed by atoms with Gasteiger partial charge in [-0.2, -0.15) is 5.26 Å². The summed E-state index contributed by atoms with van der Waals surface area (Å²) in [4.78, 5) is 11.6. The van der Waals surface area contributed by atoms with Crippen LogP contribution in [-0.4, -0.2) is 38.1 Å². The summed E-state index contributed by atoms with van der Waals surface area (Å²) < 4.78 is 4.15. The summed E-state index contributed by atoms with van der Waals surface area (Å²) in [6, 6.07) is 15.8. The van der Waals surface area contributed by atoms with Crippen LogP contribution in [-0.2, 0) is 16.0 Å². The van der Waals surface area contributed by atoms with Gasteiger partial charge in [0.1, 0.15) is 6.07 Å². The molecule has 1 fully saturated rings. The van der Waals surface area contributed by atoms with Gasteiger partial charge in [-0.05, 0) is 81.9 Å². The molecule has 0 saturated carbocycles. The van der Waals surface area contributed by atoms with E-state index in [9.17, 15) is 4.79 Å². The minimum Gasteiger partial charge on any atom is -0.468 e. The fourth-order valence-corrected chi connectivity index (χ4v) is 3.22. The third-order valence-corrected chi connectivity index (χ3v) is 5.06. The Morgan fingerprint density at radius 1 is 1.23 bits per heavy atom. The van der Waals surface area contributed by atoms with Crippen molar-refractivity contribution >= 4 is 18.1 Å². The molecule has 31 heavy (non-hydrogen) atoms. The first kappa shape index (κ1) is 28.6. The minimum atomic E-state index is 0.431. The predicted molar refractivity (Wildman–Crippen MR) is 130 cm³/mol. The smallest absolute Gasteiger partial charge is 0.293 e. The van der Waals surface area contributed by atoms with E-state index in [1.807, 2.05) is 19.1 Å². The number of carbonyl (C=O) groups is 1. The average Bonchev–Trinajstić information content (AvgIpc) is 3.13. The number of benzene rings is 2. The maximum atomic E-state index is 9.18. The lowest BCUT2D eigenvalue weighted by Crippen LogP contribution is -2.12. The molecular formula is C26H37ClN2O2. The van der Waals surface area contributed by atoms with E-state index in [1.165, 1.54) is 30.6 Å². The molecule has 2 aromatic carbocycles. The first-order chi connectivity index (χ1) is 14.8. The Kier molecular flexibility index (Phi) is 16.0. The zero-order valence-electron chi connectivity index (χ0n) is 19.8. The number of ether oxygens (including phenoxy) is 1.